The van der Waals surface area contributed by atoms with Crippen LogP contribution in [0.2, 0.25) is 0 Å². The topological polar surface area (TPSA) is 49.9 Å². The van der Waals surface area contributed by atoms with Gasteiger partial charge in [0.25, 0.3) is 5.91 Å². The number of carbonyl (C=O) groups excluding carboxylic acids is 2. The molecule has 2 aromatic carbocycles. The van der Waals surface area contributed by atoms with Gasteiger partial charge in [0, 0.05) is 18.5 Å². The van der Waals surface area contributed by atoms with Crippen molar-refractivity contribution < 1.29 is 14.3 Å². The van der Waals surface area contributed by atoms with E-state index in [0.29, 0.717) is 18.5 Å². The highest BCUT2D eigenvalue weighted by Crippen LogP contribution is 2.40. The van der Waals surface area contributed by atoms with Crippen molar-refractivity contribution in [2.75, 3.05) is 23.5 Å². The van der Waals surface area contributed by atoms with E-state index in [4.69, 9.17) is 4.74 Å². The minimum atomic E-state index is -0.0518. The molecule has 0 saturated carbocycles. The molecule has 24 heavy (non-hydrogen) atoms. The molecule has 1 saturated heterocycles. The summed E-state index contributed by atoms with van der Waals surface area (Å²) in [5.41, 5.74) is 2.24. The first kappa shape index (κ1) is 14.8. The molecule has 2 aliphatic heterocycles. The van der Waals surface area contributed by atoms with Gasteiger partial charge >= 0.3 is 0 Å². The number of hydrogen-bond donors (Lipinski definition) is 0. The summed E-state index contributed by atoms with van der Waals surface area (Å²) >= 11 is 0. The molecule has 0 radical (unpaired) electrons. The third-order valence-corrected chi connectivity index (χ3v) is 4.73. The quantitative estimate of drug-likeness (QED) is 0.854. The maximum atomic E-state index is 13.0. The van der Waals surface area contributed by atoms with Crippen LogP contribution in [0.25, 0.3) is 0 Å². The average Bonchev–Trinajstić information content (AvgIpc) is 3.01. The van der Waals surface area contributed by atoms with Gasteiger partial charge in [-0.05, 0) is 42.8 Å². The minimum Gasteiger partial charge on any atom is -0.497 e. The summed E-state index contributed by atoms with van der Waals surface area (Å²) in [7, 11) is 1.60. The van der Waals surface area contributed by atoms with Gasteiger partial charge in [0.1, 0.15) is 5.75 Å². The highest BCUT2D eigenvalue weighted by molar-refractivity contribution is 6.11. The predicted octanol–water partition coefficient (Wildman–Crippen LogP) is 2.85. The highest BCUT2D eigenvalue weighted by atomic mass is 16.5. The third kappa shape index (κ3) is 2.24. The number of hydrogen-bond acceptors (Lipinski definition) is 3. The lowest BCUT2D eigenvalue weighted by Gasteiger charge is -2.39. The van der Waals surface area contributed by atoms with Crippen molar-refractivity contribution in [2.24, 2.45) is 0 Å². The number of ether oxygens (including phenoxy) is 1. The first-order chi connectivity index (χ1) is 11.7. The molecule has 2 aliphatic rings. The molecule has 4 rings (SSSR count). The van der Waals surface area contributed by atoms with Gasteiger partial charge in [0.15, 0.2) is 0 Å². The van der Waals surface area contributed by atoms with E-state index in [1.54, 1.807) is 36.3 Å². The molecule has 122 valence electrons. The number of benzene rings is 2. The zero-order chi connectivity index (χ0) is 16.7. The second-order valence-corrected chi connectivity index (χ2v) is 6.09. The summed E-state index contributed by atoms with van der Waals surface area (Å²) in [4.78, 5) is 28.9. The van der Waals surface area contributed by atoms with E-state index < -0.39 is 0 Å². The van der Waals surface area contributed by atoms with E-state index in [1.807, 2.05) is 29.2 Å². The number of fused-ring (bicyclic) bond motifs is 3. The van der Waals surface area contributed by atoms with Gasteiger partial charge in [0.05, 0.1) is 24.5 Å². The Morgan fingerprint density at radius 3 is 2.50 bits per heavy atom. The number of carbonyl (C=O) groups is 2. The number of para-hydroxylation sites is 2. The lowest BCUT2D eigenvalue weighted by Crippen LogP contribution is -2.49. The molecular formula is C19H18N2O3. The fourth-order valence-electron chi connectivity index (χ4n) is 3.53. The monoisotopic (exact) mass is 322 g/mol. The number of rotatable bonds is 2. The molecule has 5 nitrogen and oxygen atoms in total. The van der Waals surface area contributed by atoms with E-state index in [9.17, 15) is 9.59 Å². The summed E-state index contributed by atoms with van der Waals surface area (Å²) in [5, 5.41) is 0. The molecule has 2 aromatic rings. The maximum Gasteiger partial charge on any atom is 0.258 e. The van der Waals surface area contributed by atoms with Crippen LogP contribution in [0.3, 0.4) is 0 Å². The van der Waals surface area contributed by atoms with Crippen LogP contribution in [0.15, 0.2) is 48.5 Å². The smallest absolute Gasteiger partial charge is 0.258 e. The van der Waals surface area contributed by atoms with Crippen LogP contribution in [0.4, 0.5) is 11.4 Å². The van der Waals surface area contributed by atoms with Gasteiger partial charge in [-0.3, -0.25) is 9.59 Å². The lowest BCUT2D eigenvalue weighted by molar-refractivity contribution is -0.117. The Kier molecular flexibility index (Phi) is 3.49. The summed E-state index contributed by atoms with van der Waals surface area (Å²) in [6, 6.07) is 14.8. The number of anilines is 2. The van der Waals surface area contributed by atoms with E-state index >= 15 is 0 Å². The maximum absolute atomic E-state index is 13.0. The summed E-state index contributed by atoms with van der Waals surface area (Å²) in [5.74, 6) is 0.811. The highest BCUT2D eigenvalue weighted by Gasteiger charge is 2.40. The third-order valence-electron chi connectivity index (χ3n) is 4.73. The first-order valence-corrected chi connectivity index (χ1v) is 8.06. The van der Waals surface area contributed by atoms with Gasteiger partial charge in [0.2, 0.25) is 5.91 Å². The fourth-order valence-corrected chi connectivity index (χ4v) is 3.53. The fraction of sp³-hybridized carbons (Fsp3) is 0.263. The van der Waals surface area contributed by atoms with Crippen LogP contribution in [0.1, 0.15) is 23.2 Å². The van der Waals surface area contributed by atoms with Gasteiger partial charge in [-0.15, -0.1) is 0 Å². The molecule has 1 atom stereocenters. The Morgan fingerprint density at radius 1 is 1.08 bits per heavy atom. The molecule has 1 fully saturated rings. The van der Waals surface area contributed by atoms with Crippen molar-refractivity contribution in [1.82, 2.24) is 0 Å². The summed E-state index contributed by atoms with van der Waals surface area (Å²) in [6.07, 6.45) is 1.34. The predicted molar refractivity (Wildman–Crippen MR) is 91.6 cm³/mol. The van der Waals surface area contributed by atoms with Crippen molar-refractivity contribution in [2.45, 2.75) is 18.9 Å². The molecule has 1 unspecified atom stereocenters. The Morgan fingerprint density at radius 2 is 1.79 bits per heavy atom. The average molecular weight is 322 g/mol. The molecule has 2 amide bonds. The molecule has 0 N–H and O–H groups in total. The van der Waals surface area contributed by atoms with E-state index in [-0.39, 0.29) is 17.9 Å². The Labute approximate surface area is 140 Å². The molecule has 0 bridgehead atoms. The zero-order valence-corrected chi connectivity index (χ0v) is 13.4. The van der Waals surface area contributed by atoms with Crippen molar-refractivity contribution in [3.8, 4) is 5.75 Å². The molecule has 0 aliphatic carbocycles. The van der Waals surface area contributed by atoms with Crippen LogP contribution >= 0.6 is 0 Å². The van der Waals surface area contributed by atoms with Crippen LogP contribution in [-0.4, -0.2) is 31.5 Å². The largest absolute Gasteiger partial charge is 0.497 e. The SMILES string of the molecule is COc1ccc(C(=O)N2CC3CCC(=O)N3c3ccccc32)cc1. The van der Waals surface area contributed by atoms with Crippen molar-refractivity contribution >= 4 is 23.2 Å². The molecular weight excluding hydrogens is 304 g/mol. The number of methoxy groups -OCH3 is 1. The number of nitrogens with zero attached hydrogens (tertiary/aromatic N) is 2. The second kappa shape index (κ2) is 5.67. The Bertz CT molecular complexity index is 801. The van der Waals surface area contributed by atoms with Gasteiger partial charge in [-0.2, -0.15) is 0 Å². The van der Waals surface area contributed by atoms with Crippen molar-refractivity contribution in [3.05, 3.63) is 54.1 Å². The van der Waals surface area contributed by atoms with Crippen LogP contribution in [0, 0.1) is 0 Å². The molecule has 5 heteroatoms. The second-order valence-electron chi connectivity index (χ2n) is 6.09. The standard InChI is InChI=1S/C19H18N2O3/c1-24-15-9-6-13(7-10-15)19(23)20-12-14-8-11-18(22)21(14)17-5-3-2-4-16(17)20/h2-7,9-10,14H,8,11-12H2,1H3. The Balaban J connectivity index is 1.72. The summed E-state index contributed by atoms with van der Waals surface area (Å²) in [6.45, 7) is 0.535. The summed E-state index contributed by atoms with van der Waals surface area (Å²) < 4.78 is 5.15. The van der Waals surface area contributed by atoms with Crippen molar-refractivity contribution in [3.63, 3.8) is 0 Å². The molecule has 2 heterocycles. The van der Waals surface area contributed by atoms with E-state index in [1.165, 1.54) is 0 Å². The van der Waals surface area contributed by atoms with E-state index in [2.05, 4.69) is 0 Å². The van der Waals surface area contributed by atoms with Crippen LogP contribution in [-0.2, 0) is 4.79 Å². The van der Waals surface area contributed by atoms with Crippen LogP contribution < -0.4 is 14.5 Å². The van der Waals surface area contributed by atoms with E-state index in [0.717, 1.165) is 23.5 Å². The van der Waals surface area contributed by atoms with Crippen LogP contribution in [0.5, 0.6) is 5.75 Å². The van der Waals surface area contributed by atoms with Gasteiger partial charge < -0.3 is 14.5 Å². The zero-order valence-electron chi connectivity index (χ0n) is 13.4. The molecule has 0 aromatic heterocycles. The van der Waals surface area contributed by atoms with Crippen molar-refractivity contribution in [1.29, 1.82) is 0 Å². The minimum absolute atomic E-state index is 0.0518. The Hall–Kier alpha value is -2.82. The lowest BCUT2D eigenvalue weighted by atomic mass is 10.1. The molecule has 0 spiro atoms. The first-order valence-electron chi connectivity index (χ1n) is 8.06. The number of amides is 2. The van der Waals surface area contributed by atoms with Gasteiger partial charge in [-0.25, -0.2) is 0 Å². The van der Waals surface area contributed by atoms with Gasteiger partial charge in [-0.1, -0.05) is 12.1 Å². The normalized spacial score (nSPS) is 19.0.